The lowest BCUT2D eigenvalue weighted by atomic mass is 10.1. The third kappa shape index (κ3) is 4.50. The molecule has 5 nitrogen and oxygen atoms in total. The molecule has 0 aliphatic heterocycles. The van der Waals surface area contributed by atoms with Crippen LogP contribution in [-0.4, -0.2) is 22.6 Å². The Morgan fingerprint density at radius 2 is 1.96 bits per heavy atom. The summed E-state index contributed by atoms with van der Waals surface area (Å²) >= 11 is 1.55. The Morgan fingerprint density at radius 1 is 1.09 bits per heavy atom. The molecule has 0 spiro atoms. The van der Waals surface area contributed by atoms with Gasteiger partial charge in [0.15, 0.2) is 0 Å². The second-order valence-electron chi connectivity index (χ2n) is 5.06. The molecule has 0 radical (unpaired) electrons. The standard InChI is InChI=1S/C17H17N3O2S/c21-15(18-11-10-13-5-2-1-3-6-13)8-9-16-19-20-17(22-16)14-7-4-12-23-14/h1-7,12H,8-11H2,(H,18,21). The molecule has 1 amide bonds. The first-order valence-corrected chi connectivity index (χ1v) is 8.36. The maximum Gasteiger partial charge on any atom is 0.257 e. The van der Waals surface area contributed by atoms with Crippen LogP contribution < -0.4 is 5.32 Å². The Labute approximate surface area is 138 Å². The quantitative estimate of drug-likeness (QED) is 0.724. The first-order valence-electron chi connectivity index (χ1n) is 7.48. The Morgan fingerprint density at radius 3 is 2.74 bits per heavy atom. The SMILES string of the molecule is O=C(CCc1nnc(-c2cccs2)o1)NCCc1ccccc1. The largest absolute Gasteiger partial charge is 0.420 e. The summed E-state index contributed by atoms with van der Waals surface area (Å²) in [4.78, 5) is 12.8. The van der Waals surface area contributed by atoms with Crippen LogP contribution in [0.4, 0.5) is 0 Å². The third-order valence-electron chi connectivity index (χ3n) is 3.34. The zero-order valence-corrected chi connectivity index (χ0v) is 13.4. The molecule has 1 N–H and O–H groups in total. The Kier molecular flexibility index (Phi) is 5.16. The second-order valence-corrected chi connectivity index (χ2v) is 6.01. The molecule has 0 aliphatic carbocycles. The van der Waals surface area contributed by atoms with Gasteiger partial charge >= 0.3 is 0 Å². The van der Waals surface area contributed by atoms with Crippen LogP contribution in [0.2, 0.25) is 0 Å². The highest BCUT2D eigenvalue weighted by Crippen LogP contribution is 2.23. The van der Waals surface area contributed by atoms with Crippen molar-refractivity contribution in [1.82, 2.24) is 15.5 Å². The number of nitrogens with one attached hydrogen (secondary N) is 1. The summed E-state index contributed by atoms with van der Waals surface area (Å²) in [6.45, 7) is 0.632. The lowest BCUT2D eigenvalue weighted by molar-refractivity contribution is -0.121. The van der Waals surface area contributed by atoms with Crippen molar-refractivity contribution in [3.05, 3.63) is 59.3 Å². The molecule has 0 bridgehead atoms. The van der Waals surface area contributed by atoms with Crippen molar-refractivity contribution in [3.8, 4) is 10.8 Å². The van der Waals surface area contributed by atoms with Gasteiger partial charge in [-0.1, -0.05) is 36.4 Å². The number of nitrogens with zero attached hydrogens (tertiary/aromatic N) is 2. The van der Waals surface area contributed by atoms with Gasteiger partial charge in [0.2, 0.25) is 11.8 Å². The van der Waals surface area contributed by atoms with E-state index in [1.807, 2.05) is 35.7 Å². The smallest absolute Gasteiger partial charge is 0.257 e. The van der Waals surface area contributed by atoms with Crippen LogP contribution >= 0.6 is 11.3 Å². The summed E-state index contributed by atoms with van der Waals surface area (Å²) in [6, 6.07) is 13.9. The van der Waals surface area contributed by atoms with Crippen molar-refractivity contribution in [3.63, 3.8) is 0 Å². The summed E-state index contributed by atoms with van der Waals surface area (Å²) in [7, 11) is 0. The van der Waals surface area contributed by atoms with Crippen LogP contribution in [0.3, 0.4) is 0 Å². The van der Waals surface area contributed by atoms with Crippen molar-refractivity contribution in [2.45, 2.75) is 19.3 Å². The highest BCUT2D eigenvalue weighted by Gasteiger charge is 2.10. The molecule has 118 valence electrons. The van der Waals surface area contributed by atoms with E-state index in [1.165, 1.54) is 5.56 Å². The number of hydrogen-bond donors (Lipinski definition) is 1. The van der Waals surface area contributed by atoms with Gasteiger partial charge in [-0.15, -0.1) is 21.5 Å². The van der Waals surface area contributed by atoms with Gasteiger partial charge in [-0.25, -0.2) is 0 Å². The topological polar surface area (TPSA) is 68.0 Å². The molecule has 0 saturated carbocycles. The molecule has 0 fully saturated rings. The van der Waals surface area contributed by atoms with Crippen LogP contribution in [0.15, 0.2) is 52.3 Å². The summed E-state index contributed by atoms with van der Waals surface area (Å²) in [5.74, 6) is 1.00. The predicted octanol–water partition coefficient (Wildman–Crippen LogP) is 3.09. The van der Waals surface area contributed by atoms with Crippen LogP contribution in [-0.2, 0) is 17.6 Å². The van der Waals surface area contributed by atoms with E-state index < -0.39 is 0 Å². The number of carbonyl (C=O) groups excluding carboxylic acids is 1. The zero-order chi connectivity index (χ0) is 15.9. The van der Waals surface area contributed by atoms with Crippen LogP contribution in [0.1, 0.15) is 17.9 Å². The molecule has 2 heterocycles. The van der Waals surface area contributed by atoms with Crippen LogP contribution in [0, 0.1) is 0 Å². The van der Waals surface area contributed by atoms with Crippen molar-refractivity contribution < 1.29 is 9.21 Å². The van der Waals surface area contributed by atoms with Crippen LogP contribution in [0.25, 0.3) is 10.8 Å². The summed E-state index contributed by atoms with van der Waals surface area (Å²) < 4.78 is 5.56. The molecule has 23 heavy (non-hydrogen) atoms. The molecule has 0 saturated heterocycles. The maximum atomic E-state index is 11.8. The highest BCUT2D eigenvalue weighted by atomic mass is 32.1. The van der Waals surface area contributed by atoms with E-state index in [9.17, 15) is 4.79 Å². The second kappa shape index (κ2) is 7.69. The molecular weight excluding hydrogens is 310 g/mol. The van der Waals surface area contributed by atoms with Gasteiger partial charge in [0.25, 0.3) is 5.89 Å². The first kappa shape index (κ1) is 15.4. The average molecular weight is 327 g/mol. The van der Waals surface area contributed by atoms with Crippen molar-refractivity contribution >= 4 is 17.2 Å². The number of rotatable bonds is 7. The lowest BCUT2D eigenvalue weighted by Crippen LogP contribution is -2.25. The first-order chi connectivity index (χ1) is 11.3. The Hall–Kier alpha value is -2.47. The molecule has 3 aromatic rings. The fourth-order valence-electron chi connectivity index (χ4n) is 2.15. The minimum atomic E-state index is -0.00296. The maximum absolute atomic E-state index is 11.8. The fraction of sp³-hybridized carbons (Fsp3) is 0.235. The van der Waals surface area contributed by atoms with Crippen LogP contribution in [0.5, 0.6) is 0 Å². The van der Waals surface area contributed by atoms with Gasteiger partial charge in [-0.2, -0.15) is 0 Å². The van der Waals surface area contributed by atoms with E-state index in [0.717, 1.165) is 11.3 Å². The van der Waals surface area contributed by atoms with E-state index in [2.05, 4.69) is 27.6 Å². The number of aryl methyl sites for hydroxylation is 1. The van der Waals surface area contributed by atoms with Gasteiger partial charge < -0.3 is 9.73 Å². The lowest BCUT2D eigenvalue weighted by Gasteiger charge is -2.04. The minimum absolute atomic E-state index is 0.00296. The predicted molar refractivity (Wildman–Crippen MR) is 89.1 cm³/mol. The molecule has 0 aliphatic rings. The molecule has 0 atom stereocenters. The Bertz CT molecular complexity index is 738. The highest BCUT2D eigenvalue weighted by molar-refractivity contribution is 7.13. The number of amides is 1. The van der Waals surface area contributed by atoms with Gasteiger partial charge in [0, 0.05) is 19.4 Å². The van der Waals surface area contributed by atoms with E-state index in [-0.39, 0.29) is 5.91 Å². The van der Waals surface area contributed by atoms with Crippen molar-refractivity contribution in [2.24, 2.45) is 0 Å². The van der Waals surface area contributed by atoms with E-state index in [0.29, 0.717) is 31.2 Å². The van der Waals surface area contributed by atoms with Gasteiger partial charge in [-0.3, -0.25) is 4.79 Å². The normalized spacial score (nSPS) is 10.6. The number of thiophene rings is 1. The summed E-state index contributed by atoms with van der Waals surface area (Å²) in [5.41, 5.74) is 1.21. The number of carbonyl (C=O) groups is 1. The van der Waals surface area contributed by atoms with Gasteiger partial charge in [-0.05, 0) is 23.4 Å². The molecule has 1 aromatic carbocycles. The number of hydrogen-bond acceptors (Lipinski definition) is 5. The van der Waals surface area contributed by atoms with E-state index in [4.69, 9.17) is 4.42 Å². The fourth-order valence-corrected chi connectivity index (χ4v) is 2.80. The molecule has 6 heteroatoms. The molecule has 2 aromatic heterocycles. The number of aromatic nitrogens is 2. The average Bonchev–Trinajstić information content (AvgIpc) is 3.25. The van der Waals surface area contributed by atoms with Crippen molar-refractivity contribution in [2.75, 3.05) is 6.54 Å². The minimum Gasteiger partial charge on any atom is -0.420 e. The molecule has 0 unspecified atom stereocenters. The summed E-state index contributed by atoms with van der Waals surface area (Å²) in [5, 5.41) is 12.8. The summed E-state index contributed by atoms with van der Waals surface area (Å²) in [6.07, 6.45) is 1.63. The molecular formula is C17H17N3O2S. The van der Waals surface area contributed by atoms with Gasteiger partial charge in [0.1, 0.15) is 0 Å². The van der Waals surface area contributed by atoms with Crippen molar-refractivity contribution in [1.29, 1.82) is 0 Å². The zero-order valence-electron chi connectivity index (χ0n) is 12.6. The van der Waals surface area contributed by atoms with E-state index >= 15 is 0 Å². The third-order valence-corrected chi connectivity index (χ3v) is 4.20. The Balaban J connectivity index is 1.41. The monoisotopic (exact) mass is 327 g/mol. The number of benzene rings is 1. The van der Waals surface area contributed by atoms with Gasteiger partial charge in [0.05, 0.1) is 4.88 Å². The van der Waals surface area contributed by atoms with E-state index in [1.54, 1.807) is 11.3 Å². The molecule has 3 rings (SSSR count).